The van der Waals surface area contributed by atoms with Crippen LogP contribution in [0.4, 0.5) is 4.79 Å². The zero-order chi connectivity index (χ0) is 17.4. The van der Waals surface area contributed by atoms with E-state index in [4.69, 9.17) is 14.2 Å². The lowest BCUT2D eigenvalue weighted by Gasteiger charge is -2.24. The molecular weight excluding hydrogens is 310 g/mol. The van der Waals surface area contributed by atoms with Crippen LogP contribution < -0.4 is 0 Å². The smallest absolute Gasteiger partial charge is 0.410 e. The fraction of sp³-hybridized carbons (Fsp3) is 0.611. The molecule has 1 N–H and O–H groups in total. The van der Waals surface area contributed by atoms with E-state index >= 15 is 0 Å². The van der Waals surface area contributed by atoms with Gasteiger partial charge in [0.1, 0.15) is 6.61 Å². The maximum absolute atomic E-state index is 12.4. The molecule has 2 rings (SSSR count). The highest BCUT2D eigenvalue weighted by Crippen LogP contribution is 2.27. The van der Waals surface area contributed by atoms with Gasteiger partial charge in [0.15, 0.2) is 0 Å². The summed E-state index contributed by atoms with van der Waals surface area (Å²) in [5.41, 5.74) is 0.936. The fourth-order valence-electron chi connectivity index (χ4n) is 2.95. The highest BCUT2D eigenvalue weighted by atomic mass is 16.6. The van der Waals surface area contributed by atoms with Gasteiger partial charge in [-0.15, -0.1) is 0 Å². The van der Waals surface area contributed by atoms with Gasteiger partial charge in [-0.25, -0.2) is 4.79 Å². The molecule has 0 radical (unpaired) electrons. The predicted molar refractivity (Wildman–Crippen MR) is 89.6 cm³/mol. The molecule has 6 nitrogen and oxygen atoms in total. The van der Waals surface area contributed by atoms with E-state index in [9.17, 15) is 9.90 Å². The van der Waals surface area contributed by atoms with Crippen LogP contribution in [0, 0.1) is 5.92 Å². The van der Waals surface area contributed by atoms with Crippen molar-refractivity contribution in [1.29, 1.82) is 0 Å². The number of ether oxygens (including phenoxy) is 3. The van der Waals surface area contributed by atoms with Crippen molar-refractivity contribution in [2.45, 2.75) is 32.1 Å². The van der Waals surface area contributed by atoms with Crippen molar-refractivity contribution in [1.82, 2.24) is 4.90 Å². The third-order valence-electron chi connectivity index (χ3n) is 4.42. The summed E-state index contributed by atoms with van der Waals surface area (Å²) < 4.78 is 16.2. The lowest BCUT2D eigenvalue weighted by Crippen LogP contribution is -2.40. The van der Waals surface area contributed by atoms with Gasteiger partial charge in [-0.1, -0.05) is 37.3 Å². The van der Waals surface area contributed by atoms with Crippen LogP contribution in [-0.2, 0) is 20.8 Å². The van der Waals surface area contributed by atoms with Gasteiger partial charge in [0.25, 0.3) is 0 Å². The lowest BCUT2D eigenvalue weighted by molar-refractivity contribution is 0.0232. The van der Waals surface area contributed by atoms with Crippen LogP contribution in [0.1, 0.15) is 18.9 Å². The van der Waals surface area contributed by atoms with Crippen LogP contribution in [0.2, 0.25) is 0 Å². The SMILES string of the molecule is COCCCO[C@H]1CN(C(=O)OCc2ccccc2)[C@@H](CO)[C@@H]1C. The lowest BCUT2D eigenvalue weighted by atomic mass is 10.0. The number of benzene rings is 1. The Morgan fingerprint density at radius 1 is 1.29 bits per heavy atom. The van der Waals surface area contributed by atoms with Crippen molar-refractivity contribution >= 4 is 6.09 Å². The molecule has 1 amide bonds. The van der Waals surface area contributed by atoms with Crippen LogP contribution in [0.15, 0.2) is 30.3 Å². The van der Waals surface area contributed by atoms with Crippen molar-refractivity contribution in [2.24, 2.45) is 5.92 Å². The Morgan fingerprint density at radius 2 is 2.04 bits per heavy atom. The minimum Gasteiger partial charge on any atom is -0.445 e. The number of carbonyl (C=O) groups excluding carboxylic acids is 1. The molecule has 0 saturated carbocycles. The normalized spacial score (nSPS) is 23.5. The minimum absolute atomic E-state index is 0.0572. The number of hydrogen-bond acceptors (Lipinski definition) is 5. The predicted octanol–water partition coefficient (Wildman–Crippen LogP) is 2.06. The topological polar surface area (TPSA) is 68.2 Å². The largest absolute Gasteiger partial charge is 0.445 e. The Hall–Kier alpha value is -1.63. The quantitative estimate of drug-likeness (QED) is 0.736. The summed E-state index contributed by atoms with van der Waals surface area (Å²) in [6, 6.07) is 9.26. The summed E-state index contributed by atoms with van der Waals surface area (Å²) in [7, 11) is 1.66. The number of likely N-dealkylation sites (tertiary alicyclic amines) is 1. The first-order valence-electron chi connectivity index (χ1n) is 8.36. The van der Waals surface area contributed by atoms with E-state index in [2.05, 4.69) is 0 Å². The standard InChI is InChI=1S/C18H27NO5/c1-14-16(12-20)19(11-17(14)23-10-6-9-22-2)18(21)24-13-15-7-4-3-5-8-15/h3-5,7-8,14,16-17,20H,6,9-13H2,1-2H3/t14-,16-,17-/m0/s1. The highest BCUT2D eigenvalue weighted by molar-refractivity contribution is 5.68. The van der Waals surface area contributed by atoms with Crippen LogP contribution in [0.5, 0.6) is 0 Å². The van der Waals surface area contributed by atoms with Gasteiger partial charge in [0.05, 0.1) is 25.3 Å². The van der Waals surface area contributed by atoms with Crippen LogP contribution in [0.3, 0.4) is 0 Å². The molecule has 1 aliphatic rings. The van der Waals surface area contributed by atoms with Crippen molar-refractivity contribution < 1.29 is 24.1 Å². The second kappa shape index (κ2) is 9.61. The molecular formula is C18H27NO5. The zero-order valence-corrected chi connectivity index (χ0v) is 14.4. The molecule has 1 aromatic rings. The van der Waals surface area contributed by atoms with E-state index in [0.29, 0.717) is 19.8 Å². The van der Waals surface area contributed by atoms with Crippen molar-refractivity contribution in [3.05, 3.63) is 35.9 Å². The molecule has 0 aromatic heterocycles. The summed E-state index contributed by atoms with van der Waals surface area (Å²) in [5.74, 6) is 0.0572. The number of aliphatic hydroxyl groups excluding tert-OH is 1. The number of methoxy groups -OCH3 is 1. The van der Waals surface area contributed by atoms with E-state index in [1.807, 2.05) is 37.3 Å². The molecule has 1 fully saturated rings. The summed E-state index contributed by atoms with van der Waals surface area (Å²) >= 11 is 0. The molecule has 0 aliphatic carbocycles. The van der Waals surface area contributed by atoms with Gasteiger partial charge < -0.3 is 19.3 Å². The molecule has 3 atom stereocenters. The maximum Gasteiger partial charge on any atom is 0.410 e. The van der Waals surface area contributed by atoms with Crippen LogP contribution in [0.25, 0.3) is 0 Å². The van der Waals surface area contributed by atoms with Crippen molar-refractivity contribution in [3.63, 3.8) is 0 Å². The number of hydrogen-bond donors (Lipinski definition) is 1. The molecule has 1 aliphatic heterocycles. The molecule has 0 bridgehead atoms. The Balaban J connectivity index is 1.86. The van der Waals surface area contributed by atoms with Gasteiger partial charge in [-0.2, -0.15) is 0 Å². The third-order valence-corrected chi connectivity index (χ3v) is 4.42. The zero-order valence-electron chi connectivity index (χ0n) is 14.4. The summed E-state index contributed by atoms with van der Waals surface area (Å²) in [6.07, 6.45) is 0.304. The summed E-state index contributed by atoms with van der Waals surface area (Å²) in [6.45, 7) is 3.78. The van der Waals surface area contributed by atoms with Gasteiger partial charge in [0, 0.05) is 26.2 Å². The van der Waals surface area contributed by atoms with Gasteiger partial charge in [-0.3, -0.25) is 4.90 Å². The Bertz CT molecular complexity index is 495. The monoisotopic (exact) mass is 337 g/mol. The Kier molecular flexibility index (Phi) is 7.49. The van der Waals surface area contributed by atoms with E-state index in [-0.39, 0.29) is 31.3 Å². The number of aliphatic hydroxyl groups is 1. The molecule has 0 unspecified atom stereocenters. The fourth-order valence-corrected chi connectivity index (χ4v) is 2.95. The third kappa shape index (κ3) is 4.93. The molecule has 6 heteroatoms. The summed E-state index contributed by atoms with van der Waals surface area (Å²) in [4.78, 5) is 14.0. The second-order valence-corrected chi connectivity index (χ2v) is 6.06. The van der Waals surface area contributed by atoms with Crippen LogP contribution in [-0.4, -0.2) is 61.7 Å². The molecule has 24 heavy (non-hydrogen) atoms. The minimum atomic E-state index is -0.409. The number of rotatable bonds is 8. The number of nitrogens with zero attached hydrogens (tertiary/aromatic N) is 1. The number of carbonyl (C=O) groups is 1. The van der Waals surface area contributed by atoms with Gasteiger partial charge in [0.2, 0.25) is 0 Å². The van der Waals surface area contributed by atoms with E-state index in [0.717, 1.165) is 12.0 Å². The molecule has 1 saturated heterocycles. The second-order valence-electron chi connectivity index (χ2n) is 6.06. The first-order chi connectivity index (χ1) is 11.7. The van der Waals surface area contributed by atoms with Gasteiger partial charge in [-0.05, 0) is 12.0 Å². The first-order valence-corrected chi connectivity index (χ1v) is 8.36. The molecule has 1 aromatic carbocycles. The van der Waals surface area contributed by atoms with E-state index in [1.54, 1.807) is 12.0 Å². The Morgan fingerprint density at radius 3 is 2.71 bits per heavy atom. The molecule has 134 valence electrons. The first kappa shape index (κ1) is 18.7. The highest BCUT2D eigenvalue weighted by Gasteiger charge is 2.42. The number of amides is 1. The van der Waals surface area contributed by atoms with E-state index < -0.39 is 6.09 Å². The van der Waals surface area contributed by atoms with Crippen molar-refractivity contribution in [3.8, 4) is 0 Å². The molecule has 0 spiro atoms. The maximum atomic E-state index is 12.4. The Labute approximate surface area is 143 Å². The van der Waals surface area contributed by atoms with E-state index in [1.165, 1.54) is 0 Å². The average molecular weight is 337 g/mol. The van der Waals surface area contributed by atoms with Crippen molar-refractivity contribution in [2.75, 3.05) is 33.5 Å². The molecule has 1 heterocycles. The van der Waals surface area contributed by atoms with Gasteiger partial charge >= 0.3 is 6.09 Å². The average Bonchev–Trinajstić information content (AvgIpc) is 2.93. The van der Waals surface area contributed by atoms with Crippen LogP contribution >= 0.6 is 0 Å². The summed E-state index contributed by atoms with van der Waals surface area (Å²) in [5, 5.41) is 9.64.